The van der Waals surface area contributed by atoms with Gasteiger partial charge in [0.05, 0.1) is 0 Å². The molecule has 2 rings (SSSR count). The average molecular weight is 248 g/mol. The minimum Gasteiger partial charge on any atom is -0.480 e. The standard InChI is InChI=1S/C14H20N2O2/c1-11-5-6-12(9-15-11)10-16-14(13(17)18)7-3-2-4-8-14/h5-6,9,16H,2-4,7-8,10H2,1H3,(H,17,18). The van der Waals surface area contributed by atoms with E-state index in [1.807, 2.05) is 19.1 Å². The number of aromatic nitrogens is 1. The Balaban J connectivity index is 2.01. The molecule has 1 aliphatic rings. The van der Waals surface area contributed by atoms with Crippen LogP contribution in [0.25, 0.3) is 0 Å². The normalized spacial score (nSPS) is 18.5. The molecule has 1 fully saturated rings. The summed E-state index contributed by atoms with van der Waals surface area (Å²) in [6.45, 7) is 2.51. The van der Waals surface area contributed by atoms with Gasteiger partial charge in [0, 0.05) is 18.4 Å². The van der Waals surface area contributed by atoms with E-state index in [0.717, 1.165) is 43.4 Å². The van der Waals surface area contributed by atoms with Crippen molar-refractivity contribution in [1.82, 2.24) is 10.3 Å². The molecule has 0 amide bonds. The lowest BCUT2D eigenvalue weighted by atomic mass is 9.81. The van der Waals surface area contributed by atoms with Crippen molar-refractivity contribution in [3.05, 3.63) is 29.6 Å². The van der Waals surface area contributed by atoms with Gasteiger partial charge in [-0.3, -0.25) is 15.1 Å². The summed E-state index contributed by atoms with van der Waals surface area (Å²) in [4.78, 5) is 15.7. The number of carboxylic acid groups (broad SMARTS) is 1. The maximum absolute atomic E-state index is 11.5. The molecule has 1 heterocycles. The Morgan fingerprint density at radius 1 is 1.39 bits per heavy atom. The van der Waals surface area contributed by atoms with Crippen LogP contribution in [0.2, 0.25) is 0 Å². The number of nitrogens with one attached hydrogen (secondary N) is 1. The van der Waals surface area contributed by atoms with E-state index in [9.17, 15) is 9.90 Å². The van der Waals surface area contributed by atoms with Gasteiger partial charge in [0.2, 0.25) is 0 Å². The lowest BCUT2D eigenvalue weighted by Crippen LogP contribution is -2.52. The lowest BCUT2D eigenvalue weighted by Gasteiger charge is -2.34. The van der Waals surface area contributed by atoms with Crippen molar-refractivity contribution in [3.8, 4) is 0 Å². The van der Waals surface area contributed by atoms with Crippen molar-refractivity contribution < 1.29 is 9.90 Å². The molecule has 1 aliphatic carbocycles. The highest BCUT2D eigenvalue weighted by molar-refractivity contribution is 5.78. The molecule has 1 aromatic heterocycles. The van der Waals surface area contributed by atoms with Crippen molar-refractivity contribution in [2.75, 3.05) is 0 Å². The molecule has 0 saturated heterocycles. The second kappa shape index (κ2) is 5.48. The minimum atomic E-state index is -0.733. The van der Waals surface area contributed by atoms with Gasteiger partial charge in [0.15, 0.2) is 0 Å². The Hall–Kier alpha value is -1.42. The molecule has 18 heavy (non-hydrogen) atoms. The highest BCUT2D eigenvalue weighted by Gasteiger charge is 2.38. The van der Waals surface area contributed by atoms with Gasteiger partial charge in [-0.2, -0.15) is 0 Å². The summed E-state index contributed by atoms with van der Waals surface area (Å²) in [5, 5.41) is 12.7. The fourth-order valence-electron chi connectivity index (χ4n) is 2.50. The predicted octanol–water partition coefficient (Wildman–Crippen LogP) is 2.27. The molecule has 4 nitrogen and oxygen atoms in total. The molecule has 0 radical (unpaired) electrons. The van der Waals surface area contributed by atoms with Crippen molar-refractivity contribution in [3.63, 3.8) is 0 Å². The molecular weight excluding hydrogens is 228 g/mol. The van der Waals surface area contributed by atoms with Crippen LogP contribution in [0.4, 0.5) is 0 Å². The Morgan fingerprint density at radius 2 is 2.11 bits per heavy atom. The Labute approximate surface area is 107 Å². The third-order valence-corrected chi connectivity index (χ3v) is 3.72. The van der Waals surface area contributed by atoms with E-state index in [0.29, 0.717) is 6.54 Å². The number of pyridine rings is 1. The van der Waals surface area contributed by atoms with Crippen LogP contribution in [0.1, 0.15) is 43.4 Å². The Morgan fingerprint density at radius 3 is 2.67 bits per heavy atom. The Bertz CT molecular complexity index is 408. The molecule has 0 atom stereocenters. The number of rotatable bonds is 4. The number of aryl methyl sites for hydroxylation is 1. The van der Waals surface area contributed by atoms with E-state index in [2.05, 4.69) is 10.3 Å². The average Bonchev–Trinajstić information content (AvgIpc) is 2.39. The van der Waals surface area contributed by atoms with E-state index >= 15 is 0 Å². The number of aliphatic carboxylic acids is 1. The quantitative estimate of drug-likeness (QED) is 0.858. The summed E-state index contributed by atoms with van der Waals surface area (Å²) in [5.41, 5.74) is 1.28. The Kier molecular flexibility index (Phi) is 3.97. The fraction of sp³-hybridized carbons (Fsp3) is 0.571. The van der Waals surface area contributed by atoms with Gasteiger partial charge >= 0.3 is 5.97 Å². The van der Waals surface area contributed by atoms with Crippen molar-refractivity contribution in [2.24, 2.45) is 0 Å². The number of carbonyl (C=O) groups is 1. The zero-order valence-corrected chi connectivity index (χ0v) is 10.8. The molecule has 0 bridgehead atoms. The third-order valence-electron chi connectivity index (χ3n) is 3.72. The van der Waals surface area contributed by atoms with Gasteiger partial charge < -0.3 is 5.11 Å². The molecule has 0 aromatic carbocycles. The van der Waals surface area contributed by atoms with E-state index in [1.165, 1.54) is 0 Å². The number of hydrogen-bond donors (Lipinski definition) is 2. The van der Waals surface area contributed by atoms with Crippen molar-refractivity contribution in [2.45, 2.75) is 51.1 Å². The topological polar surface area (TPSA) is 62.2 Å². The van der Waals surface area contributed by atoms with Gasteiger partial charge in [0.25, 0.3) is 0 Å². The fourth-order valence-corrected chi connectivity index (χ4v) is 2.50. The molecule has 0 aliphatic heterocycles. The molecule has 1 saturated carbocycles. The molecule has 0 spiro atoms. The minimum absolute atomic E-state index is 0.569. The van der Waals surface area contributed by atoms with Gasteiger partial charge in [-0.1, -0.05) is 25.3 Å². The largest absolute Gasteiger partial charge is 0.480 e. The number of hydrogen-bond acceptors (Lipinski definition) is 3. The highest BCUT2D eigenvalue weighted by atomic mass is 16.4. The van der Waals surface area contributed by atoms with Crippen LogP contribution >= 0.6 is 0 Å². The van der Waals surface area contributed by atoms with Crippen LogP contribution in [-0.4, -0.2) is 21.6 Å². The van der Waals surface area contributed by atoms with Gasteiger partial charge in [-0.25, -0.2) is 0 Å². The van der Waals surface area contributed by atoms with E-state index < -0.39 is 11.5 Å². The second-order valence-electron chi connectivity index (χ2n) is 5.11. The van der Waals surface area contributed by atoms with E-state index in [4.69, 9.17) is 0 Å². The number of carboxylic acids is 1. The number of nitrogens with zero attached hydrogens (tertiary/aromatic N) is 1. The van der Waals surface area contributed by atoms with Crippen LogP contribution in [0.5, 0.6) is 0 Å². The smallest absolute Gasteiger partial charge is 0.323 e. The highest BCUT2D eigenvalue weighted by Crippen LogP contribution is 2.28. The van der Waals surface area contributed by atoms with Crippen molar-refractivity contribution >= 4 is 5.97 Å². The summed E-state index contributed by atoms with van der Waals surface area (Å²) in [7, 11) is 0. The molecular formula is C14H20N2O2. The zero-order chi connectivity index (χ0) is 13.0. The first-order valence-corrected chi connectivity index (χ1v) is 6.52. The van der Waals surface area contributed by atoms with E-state index in [-0.39, 0.29) is 0 Å². The lowest BCUT2D eigenvalue weighted by molar-refractivity contribution is -0.146. The van der Waals surface area contributed by atoms with Gasteiger partial charge in [0.1, 0.15) is 5.54 Å². The molecule has 98 valence electrons. The monoisotopic (exact) mass is 248 g/mol. The van der Waals surface area contributed by atoms with Gasteiger partial charge in [-0.05, 0) is 31.4 Å². The molecule has 4 heteroatoms. The van der Waals surface area contributed by atoms with Crippen LogP contribution < -0.4 is 5.32 Å². The maximum Gasteiger partial charge on any atom is 0.323 e. The van der Waals surface area contributed by atoms with E-state index in [1.54, 1.807) is 6.20 Å². The molecule has 1 aromatic rings. The van der Waals surface area contributed by atoms with Crippen LogP contribution in [0.15, 0.2) is 18.3 Å². The summed E-state index contributed by atoms with van der Waals surface area (Å²) < 4.78 is 0. The zero-order valence-electron chi connectivity index (χ0n) is 10.8. The first-order chi connectivity index (χ1) is 8.62. The summed E-state index contributed by atoms with van der Waals surface area (Å²) in [6.07, 6.45) is 6.38. The van der Waals surface area contributed by atoms with Gasteiger partial charge in [-0.15, -0.1) is 0 Å². The molecule has 0 unspecified atom stereocenters. The predicted molar refractivity (Wildman–Crippen MR) is 69.3 cm³/mol. The SMILES string of the molecule is Cc1ccc(CNC2(C(=O)O)CCCCC2)cn1. The van der Waals surface area contributed by atoms with Crippen molar-refractivity contribution in [1.29, 1.82) is 0 Å². The van der Waals surface area contributed by atoms with Crippen LogP contribution in [-0.2, 0) is 11.3 Å². The summed E-state index contributed by atoms with van der Waals surface area (Å²) in [5.74, 6) is -0.720. The first-order valence-electron chi connectivity index (χ1n) is 6.52. The third kappa shape index (κ3) is 2.88. The maximum atomic E-state index is 11.5. The summed E-state index contributed by atoms with van der Waals surface area (Å²) in [6, 6.07) is 3.94. The first kappa shape index (κ1) is 13.0. The van der Waals surface area contributed by atoms with Crippen LogP contribution in [0.3, 0.4) is 0 Å². The second-order valence-corrected chi connectivity index (χ2v) is 5.11. The van der Waals surface area contributed by atoms with Crippen LogP contribution in [0, 0.1) is 6.92 Å². The molecule has 2 N–H and O–H groups in total. The summed E-state index contributed by atoms with van der Waals surface area (Å²) >= 11 is 0.